The number of urea groups is 1. The lowest BCUT2D eigenvalue weighted by Gasteiger charge is -2.28. The highest BCUT2D eigenvalue weighted by molar-refractivity contribution is 7.92. The second-order valence-corrected chi connectivity index (χ2v) is 10.5. The number of nitrogens with zero attached hydrogens (tertiary/aromatic N) is 3. The van der Waals surface area contributed by atoms with Gasteiger partial charge in [-0.2, -0.15) is 13.2 Å². The lowest BCUT2D eigenvalue weighted by molar-refractivity contribution is -0.123. The van der Waals surface area contributed by atoms with Crippen molar-refractivity contribution in [3.63, 3.8) is 0 Å². The fourth-order valence-electron chi connectivity index (χ4n) is 3.72. The van der Waals surface area contributed by atoms with Crippen LogP contribution < -0.4 is 4.90 Å². The van der Waals surface area contributed by atoms with Gasteiger partial charge in [0, 0.05) is 23.2 Å². The molecule has 0 N–H and O–H groups in total. The molecule has 1 fully saturated rings. The van der Waals surface area contributed by atoms with Crippen molar-refractivity contribution in [2.75, 3.05) is 4.90 Å². The van der Waals surface area contributed by atoms with Crippen LogP contribution in [0.1, 0.15) is 19.4 Å². The van der Waals surface area contributed by atoms with Crippen molar-refractivity contribution in [3.8, 4) is 0 Å². The quantitative estimate of drug-likeness (QED) is 0.463. The van der Waals surface area contributed by atoms with Crippen LogP contribution in [0.3, 0.4) is 0 Å². The van der Waals surface area contributed by atoms with E-state index >= 15 is 0 Å². The van der Waals surface area contributed by atoms with E-state index in [-0.39, 0.29) is 12.2 Å². The van der Waals surface area contributed by atoms with Gasteiger partial charge in [-0.3, -0.25) is 9.78 Å². The maximum Gasteiger partial charge on any atom is 0.501 e. The van der Waals surface area contributed by atoms with Gasteiger partial charge < -0.3 is 4.90 Å². The number of halogens is 4. The van der Waals surface area contributed by atoms with E-state index in [1.165, 1.54) is 4.90 Å². The number of fused-ring (bicyclic) bond motifs is 1. The van der Waals surface area contributed by atoms with Crippen LogP contribution in [0, 0.1) is 0 Å². The number of hydrogen-bond acceptors (Lipinski definition) is 5. The van der Waals surface area contributed by atoms with E-state index in [4.69, 9.17) is 11.6 Å². The molecule has 0 unspecified atom stereocenters. The van der Waals surface area contributed by atoms with E-state index in [0.717, 1.165) is 17.0 Å². The van der Waals surface area contributed by atoms with Gasteiger partial charge in [0.25, 0.3) is 15.7 Å². The molecule has 178 valence electrons. The summed E-state index contributed by atoms with van der Waals surface area (Å²) in [6.07, 6.45) is 1.57. The number of benzene rings is 2. The number of rotatable bonds is 4. The Morgan fingerprint density at radius 1 is 1.03 bits per heavy atom. The molecule has 3 amide bonds. The largest absolute Gasteiger partial charge is 0.501 e. The molecule has 1 aliphatic heterocycles. The molecule has 4 rings (SSSR count). The zero-order valence-electron chi connectivity index (χ0n) is 17.8. The van der Waals surface area contributed by atoms with Crippen LogP contribution in [0.15, 0.2) is 59.6 Å². The summed E-state index contributed by atoms with van der Waals surface area (Å²) >= 11 is 6.11. The lowest BCUT2D eigenvalue weighted by Crippen LogP contribution is -2.43. The minimum Gasteiger partial charge on any atom is -0.305 e. The lowest BCUT2D eigenvalue weighted by atomic mass is 10.0. The monoisotopic (exact) mass is 511 g/mol. The van der Waals surface area contributed by atoms with Gasteiger partial charge in [-0.05, 0) is 67.9 Å². The highest BCUT2D eigenvalue weighted by Crippen LogP contribution is 2.36. The van der Waals surface area contributed by atoms with Crippen LogP contribution in [0.5, 0.6) is 0 Å². The van der Waals surface area contributed by atoms with Crippen molar-refractivity contribution < 1.29 is 31.2 Å². The third-order valence-electron chi connectivity index (χ3n) is 5.66. The number of alkyl halides is 3. The Labute approximate surface area is 197 Å². The maximum absolute atomic E-state index is 13.3. The number of imide groups is 1. The summed E-state index contributed by atoms with van der Waals surface area (Å²) in [6, 6.07) is 9.53. The molecule has 0 saturated carbocycles. The summed E-state index contributed by atoms with van der Waals surface area (Å²) in [4.78, 5) is 31.8. The molecule has 0 atom stereocenters. The Balaban J connectivity index is 1.69. The molecule has 1 aromatic heterocycles. The highest BCUT2D eigenvalue weighted by atomic mass is 35.5. The molecular weight excluding hydrogens is 495 g/mol. The highest BCUT2D eigenvalue weighted by Gasteiger charge is 2.52. The molecule has 3 aromatic rings. The number of anilines is 1. The molecule has 1 saturated heterocycles. The van der Waals surface area contributed by atoms with E-state index < -0.39 is 37.7 Å². The molecule has 1 aliphatic rings. The van der Waals surface area contributed by atoms with Crippen LogP contribution in [-0.4, -0.2) is 41.3 Å². The van der Waals surface area contributed by atoms with Gasteiger partial charge in [0.2, 0.25) is 0 Å². The SMILES string of the molecule is CC1(C)C(=O)N(c2ccc(S(=O)(=O)C(F)(F)F)cc2)C(=O)N1Cc1ccnc2ccc(Cl)cc12. The summed E-state index contributed by atoms with van der Waals surface area (Å²) in [5, 5.41) is 1.17. The summed E-state index contributed by atoms with van der Waals surface area (Å²) in [5.74, 6) is -0.611. The van der Waals surface area contributed by atoms with Crippen LogP contribution in [0.2, 0.25) is 5.02 Å². The maximum atomic E-state index is 13.3. The first kappa shape index (κ1) is 24.0. The second-order valence-electron chi connectivity index (χ2n) is 8.14. The summed E-state index contributed by atoms with van der Waals surface area (Å²) in [7, 11) is -5.56. The van der Waals surface area contributed by atoms with Gasteiger partial charge in [-0.1, -0.05) is 11.6 Å². The minimum atomic E-state index is -5.56. The fraction of sp³-hybridized carbons (Fsp3) is 0.227. The number of carbonyl (C=O) groups excluding carboxylic acids is 2. The molecule has 34 heavy (non-hydrogen) atoms. The Morgan fingerprint density at radius 3 is 2.29 bits per heavy atom. The molecule has 2 aromatic carbocycles. The van der Waals surface area contributed by atoms with Crippen LogP contribution in [-0.2, 0) is 21.2 Å². The molecule has 0 spiro atoms. The van der Waals surface area contributed by atoms with Gasteiger partial charge in [0.1, 0.15) is 5.54 Å². The number of aromatic nitrogens is 1. The number of pyridine rings is 1. The molecule has 0 aliphatic carbocycles. The van der Waals surface area contributed by atoms with Gasteiger partial charge in [0.05, 0.1) is 16.1 Å². The first-order chi connectivity index (χ1) is 15.7. The van der Waals surface area contributed by atoms with E-state index in [1.54, 1.807) is 44.3 Å². The third kappa shape index (κ3) is 3.78. The Hall–Kier alpha value is -3.18. The predicted octanol–water partition coefficient (Wildman–Crippen LogP) is 4.93. The average molecular weight is 512 g/mol. The predicted molar refractivity (Wildman–Crippen MR) is 119 cm³/mol. The van der Waals surface area contributed by atoms with Crippen molar-refractivity contribution >= 4 is 50.0 Å². The van der Waals surface area contributed by atoms with Crippen molar-refractivity contribution in [2.24, 2.45) is 0 Å². The summed E-state index contributed by atoms with van der Waals surface area (Å²) in [6.45, 7) is 3.13. The number of sulfone groups is 1. The van der Waals surface area contributed by atoms with Crippen molar-refractivity contribution in [3.05, 3.63) is 65.3 Å². The molecular formula is C22H17ClF3N3O4S. The Kier molecular flexibility index (Phi) is 5.60. The van der Waals surface area contributed by atoms with Gasteiger partial charge in [-0.15, -0.1) is 0 Å². The van der Waals surface area contributed by atoms with Crippen LogP contribution >= 0.6 is 11.6 Å². The third-order valence-corrected chi connectivity index (χ3v) is 7.39. The first-order valence-corrected chi connectivity index (χ1v) is 11.7. The fourth-order valence-corrected chi connectivity index (χ4v) is 4.65. The van der Waals surface area contributed by atoms with Gasteiger partial charge in [-0.25, -0.2) is 18.1 Å². The standard InChI is InChI=1S/C22H17ClF3N3O4S/c1-21(2)19(30)29(15-4-6-16(7-5-15)34(32,33)22(24,25)26)20(31)28(21)12-13-9-10-27-18-8-3-14(23)11-17(13)18/h3-11H,12H2,1-2H3. The topological polar surface area (TPSA) is 87.7 Å². The van der Waals surface area contributed by atoms with E-state index in [1.807, 2.05) is 0 Å². The van der Waals surface area contributed by atoms with Gasteiger partial charge in [0.15, 0.2) is 0 Å². The number of hydrogen-bond donors (Lipinski definition) is 0. The van der Waals surface area contributed by atoms with E-state index in [9.17, 15) is 31.2 Å². The second kappa shape index (κ2) is 7.95. The molecule has 0 radical (unpaired) electrons. The Bertz CT molecular complexity index is 1420. The van der Waals surface area contributed by atoms with Crippen molar-refractivity contribution in [1.82, 2.24) is 9.88 Å². The number of amides is 3. The van der Waals surface area contributed by atoms with Gasteiger partial charge >= 0.3 is 11.5 Å². The molecule has 0 bridgehead atoms. The Morgan fingerprint density at radius 2 is 1.68 bits per heavy atom. The van der Waals surface area contributed by atoms with Crippen molar-refractivity contribution in [2.45, 2.75) is 36.3 Å². The minimum absolute atomic E-state index is 0.0357. The molecule has 7 nitrogen and oxygen atoms in total. The first-order valence-electron chi connectivity index (χ1n) is 9.86. The average Bonchev–Trinajstić information content (AvgIpc) is 2.92. The molecule has 2 heterocycles. The van der Waals surface area contributed by atoms with E-state index in [0.29, 0.717) is 33.6 Å². The van der Waals surface area contributed by atoms with Crippen LogP contribution in [0.4, 0.5) is 23.7 Å². The smallest absolute Gasteiger partial charge is 0.305 e. The zero-order valence-corrected chi connectivity index (χ0v) is 19.4. The number of carbonyl (C=O) groups is 2. The normalized spacial score (nSPS) is 16.5. The zero-order chi connectivity index (χ0) is 25.1. The van der Waals surface area contributed by atoms with E-state index in [2.05, 4.69) is 4.98 Å². The summed E-state index contributed by atoms with van der Waals surface area (Å²) in [5.41, 5.74) is -5.47. The molecule has 12 heteroatoms. The van der Waals surface area contributed by atoms with Crippen LogP contribution in [0.25, 0.3) is 10.9 Å². The summed E-state index contributed by atoms with van der Waals surface area (Å²) < 4.78 is 61.7. The van der Waals surface area contributed by atoms with Crippen molar-refractivity contribution in [1.29, 1.82) is 0 Å².